The van der Waals surface area contributed by atoms with Crippen LogP contribution in [0.4, 0.5) is 26.3 Å². The highest BCUT2D eigenvalue weighted by atomic mass is 35.5. The molecule has 0 atom stereocenters. The monoisotopic (exact) mass is 380 g/mol. The summed E-state index contributed by atoms with van der Waals surface area (Å²) >= 11 is 4.95. The number of ketones is 1. The van der Waals surface area contributed by atoms with Gasteiger partial charge >= 0.3 is 12.4 Å². The zero-order valence-electron chi connectivity index (χ0n) is 12.0. The van der Waals surface area contributed by atoms with Crippen LogP contribution in [-0.2, 0) is 17.1 Å². The molecule has 0 aliphatic rings. The first-order chi connectivity index (χ1) is 11.4. The van der Waals surface area contributed by atoms with Crippen LogP contribution in [0.1, 0.15) is 21.5 Å². The fraction of sp³-hybridized carbons (Fsp3) is 0.125. The van der Waals surface area contributed by atoms with Gasteiger partial charge in [-0.25, -0.2) is 0 Å². The van der Waals surface area contributed by atoms with Crippen molar-refractivity contribution in [2.24, 2.45) is 0 Å². The van der Waals surface area contributed by atoms with Gasteiger partial charge in [0.25, 0.3) is 5.24 Å². The molecule has 0 bridgehead atoms. The Morgan fingerprint density at radius 1 is 0.760 bits per heavy atom. The predicted octanol–water partition coefficient (Wildman–Crippen LogP) is 5.34. The van der Waals surface area contributed by atoms with E-state index in [1.165, 1.54) is 0 Å². The largest absolute Gasteiger partial charge is 0.417 e. The molecule has 2 rings (SSSR count). The topological polar surface area (TPSA) is 34.1 Å². The van der Waals surface area contributed by atoms with Crippen molar-refractivity contribution in [1.82, 2.24) is 0 Å². The van der Waals surface area contributed by atoms with E-state index in [4.69, 9.17) is 11.6 Å². The van der Waals surface area contributed by atoms with Gasteiger partial charge in [-0.05, 0) is 28.8 Å². The van der Waals surface area contributed by atoms with Crippen LogP contribution in [0.25, 0.3) is 11.1 Å². The number of alkyl halides is 6. The van der Waals surface area contributed by atoms with Crippen molar-refractivity contribution in [3.63, 3.8) is 0 Å². The van der Waals surface area contributed by atoms with Gasteiger partial charge in [-0.15, -0.1) is 0 Å². The number of rotatable bonds is 3. The predicted molar refractivity (Wildman–Crippen MR) is 77.1 cm³/mol. The summed E-state index contributed by atoms with van der Waals surface area (Å²) < 4.78 is 79.8. The highest BCUT2D eigenvalue weighted by molar-refractivity contribution is 6.83. The summed E-state index contributed by atoms with van der Waals surface area (Å²) in [6.07, 6.45) is -10.1. The maximum absolute atomic E-state index is 13.5. The summed E-state index contributed by atoms with van der Waals surface area (Å²) in [7, 11) is 0. The van der Waals surface area contributed by atoms with E-state index < -0.39 is 51.2 Å². The molecule has 0 amide bonds. The first-order valence-electron chi connectivity index (χ1n) is 6.55. The summed E-state index contributed by atoms with van der Waals surface area (Å²) in [5.41, 5.74) is -5.70. The summed E-state index contributed by atoms with van der Waals surface area (Å²) in [5, 5.41) is -1.67. The number of carbonyl (C=O) groups is 2. The molecular weight excluding hydrogens is 374 g/mol. The van der Waals surface area contributed by atoms with Crippen LogP contribution < -0.4 is 0 Å². The van der Waals surface area contributed by atoms with Crippen molar-refractivity contribution in [3.8, 4) is 11.1 Å². The minimum Gasteiger partial charge on any atom is -0.284 e. The smallest absolute Gasteiger partial charge is 0.284 e. The molecule has 0 unspecified atom stereocenters. The van der Waals surface area contributed by atoms with Gasteiger partial charge in [0.1, 0.15) is 0 Å². The van der Waals surface area contributed by atoms with Crippen molar-refractivity contribution in [1.29, 1.82) is 0 Å². The maximum Gasteiger partial charge on any atom is 0.417 e. The van der Waals surface area contributed by atoms with Gasteiger partial charge in [0.2, 0.25) is 5.78 Å². The van der Waals surface area contributed by atoms with Crippen molar-refractivity contribution < 1.29 is 35.9 Å². The van der Waals surface area contributed by atoms with E-state index in [1.807, 2.05) is 0 Å². The van der Waals surface area contributed by atoms with E-state index in [0.717, 1.165) is 30.3 Å². The molecule has 0 aliphatic heterocycles. The zero-order valence-corrected chi connectivity index (χ0v) is 12.8. The van der Waals surface area contributed by atoms with Gasteiger partial charge in [-0.3, -0.25) is 9.59 Å². The van der Waals surface area contributed by atoms with Crippen LogP contribution in [0.15, 0.2) is 42.5 Å². The molecule has 0 spiro atoms. The van der Waals surface area contributed by atoms with Gasteiger partial charge in [0.05, 0.1) is 11.1 Å². The van der Waals surface area contributed by atoms with Crippen LogP contribution in [0, 0.1) is 0 Å². The lowest BCUT2D eigenvalue weighted by atomic mass is 9.90. The van der Waals surface area contributed by atoms with Gasteiger partial charge in [0.15, 0.2) is 0 Å². The summed E-state index contributed by atoms with van der Waals surface area (Å²) in [6.45, 7) is 0. The van der Waals surface area contributed by atoms with Crippen LogP contribution in [-0.4, -0.2) is 11.0 Å². The van der Waals surface area contributed by atoms with E-state index in [9.17, 15) is 35.9 Å². The highest BCUT2D eigenvalue weighted by Gasteiger charge is 2.41. The van der Waals surface area contributed by atoms with Crippen molar-refractivity contribution >= 4 is 22.6 Å². The SMILES string of the molecule is O=C(Cl)C(=O)c1cccc(-c2ccccc2C(F)(F)F)c1C(F)(F)F. The normalized spacial score (nSPS) is 12.1. The Morgan fingerprint density at radius 2 is 1.32 bits per heavy atom. The number of carbonyl (C=O) groups excluding carboxylic acids is 2. The molecule has 0 saturated heterocycles. The second kappa shape index (κ2) is 6.51. The summed E-state index contributed by atoms with van der Waals surface area (Å²) in [5.74, 6) is -1.65. The Bertz CT molecular complexity index is 839. The molecule has 0 fully saturated rings. The van der Waals surface area contributed by atoms with Crippen molar-refractivity contribution in [3.05, 3.63) is 59.2 Å². The fourth-order valence-corrected chi connectivity index (χ4v) is 2.44. The summed E-state index contributed by atoms with van der Waals surface area (Å²) in [6, 6.07) is 6.06. The van der Waals surface area contributed by atoms with Crippen LogP contribution in [0.5, 0.6) is 0 Å². The molecule has 0 radical (unpaired) electrons. The van der Waals surface area contributed by atoms with Gasteiger partial charge < -0.3 is 0 Å². The Balaban J connectivity index is 2.88. The Hall–Kier alpha value is -2.35. The Morgan fingerprint density at radius 3 is 1.84 bits per heavy atom. The van der Waals surface area contributed by atoms with E-state index >= 15 is 0 Å². The third-order valence-electron chi connectivity index (χ3n) is 3.29. The van der Waals surface area contributed by atoms with E-state index in [0.29, 0.717) is 12.1 Å². The number of halogens is 7. The number of Topliss-reactive ketones (excluding diaryl/α,β-unsaturated/α-hetero) is 1. The lowest BCUT2D eigenvalue weighted by molar-refractivity contribution is -0.139. The number of hydrogen-bond donors (Lipinski definition) is 0. The zero-order chi connectivity index (χ0) is 19.0. The lowest BCUT2D eigenvalue weighted by Crippen LogP contribution is -2.18. The van der Waals surface area contributed by atoms with E-state index in [1.54, 1.807) is 0 Å². The first kappa shape index (κ1) is 19.0. The first-order valence-corrected chi connectivity index (χ1v) is 6.93. The van der Waals surface area contributed by atoms with Crippen LogP contribution in [0.2, 0.25) is 0 Å². The average molecular weight is 381 g/mol. The van der Waals surface area contributed by atoms with E-state index in [2.05, 4.69) is 0 Å². The molecule has 2 nitrogen and oxygen atoms in total. The maximum atomic E-state index is 13.5. The quantitative estimate of drug-likeness (QED) is 0.312. The molecule has 9 heteroatoms. The van der Waals surface area contributed by atoms with Gasteiger partial charge in [0, 0.05) is 5.56 Å². The van der Waals surface area contributed by atoms with Crippen molar-refractivity contribution in [2.75, 3.05) is 0 Å². The Kier molecular flexibility index (Phi) is 4.94. The van der Waals surface area contributed by atoms with E-state index in [-0.39, 0.29) is 0 Å². The highest BCUT2D eigenvalue weighted by Crippen LogP contribution is 2.44. The Labute approximate surface area is 142 Å². The molecule has 2 aromatic carbocycles. The molecule has 25 heavy (non-hydrogen) atoms. The minimum absolute atomic E-state index is 0.622. The molecule has 0 N–H and O–H groups in total. The second-order valence-electron chi connectivity index (χ2n) is 4.87. The molecular formula is C16H7ClF6O2. The van der Waals surface area contributed by atoms with Crippen molar-refractivity contribution in [2.45, 2.75) is 12.4 Å². The van der Waals surface area contributed by atoms with Gasteiger partial charge in [-0.2, -0.15) is 26.3 Å². The molecule has 0 aliphatic carbocycles. The number of hydrogen-bond acceptors (Lipinski definition) is 2. The fourth-order valence-electron chi connectivity index (χ4n) is 2.34. The molecule has 0 saturated carbocycles. The molecule has 0 heterocycles. The number of benzene rings is 2. The van der Waals surface area contributed by atoms with Gasteiger partial charge in [-0.1, -0.05) is 36.4 Å². The summed E-state index contributed by atoms with van der Waals surface area (Å²) in [4.78, 5) is 22.6. The standard InChI is InChI=1S/C16H7ClF6O2/c17-14(25)13(24)10-6-3-5-9(12(10)16(21,22)23)8-4-1-2-7-11(8)15(18,19)20/h1-7H. The molecule has 2 aromatic rings. The molecule has 132 valence electrons. The third-order valence-corrected chi connectivity index (χ3v) is 3.47. The lowest BCUT2D eigenvalue weighted by Gasteiger charge is -2.19. The second-order valence-corrected chi connectivity index (χ2v) is 5.22. The van der Waals surface area contributed by atoms with Crippen LogP contribution >= 0.6 is 11.6 Å². The molecule has 0 aromatic heterocycles. The van der Waals surface area contributed by atoms with Crippen LogP contribution in [0.3, 0.4) is 0 Å². The third kappa shape index (κ3) is 3.84. The minimum atomic E-state index is -5.19. The average Bonchev–Trinajstić information content (AvgIpc) is 2.51.